The van der Waals surface area contributed by atoms with Crippen LogP contribution in [0.15, 0.2) is 12.1 Å². The van der Waals surface area contributed by atoms with Crippen LogP contribution in [0.4, 0.5) is 22.2 Å². The van der Waals surface area contributed by atoms with E-state index >= 15 is 0 Å². The normalized spacial score (nSPS) is 19.7. The summed E-state index contributed by atoms with van der Waals surface area (Å²) < 4.78 is 5.50. The van der Waals surface area contributed by atoms with Gasteiger partial charge in [0, 0.05) is 82.5 Å². The SMILES string of the molecule is Cc1cc(Nc2cc(N3CCN(C)CC3)nc(CC3CCN(C(=O)C4CCN(C(=O)OC(C)(C)C)CC4)CC3)n2)n[nH]1. The van der Waals surface area contributed by atoms with E-state index in [1.807, 2.05) is 44.7 Å². The minimum Gasteiger partial charge on any atom is -0.444 e. The number of piperidine rings is 2. The predicted octanol–water partition coefficient (Wildman–Crippen LogP) is 3.43. The van der Waals surface area contributed by atoms with Crippen molar-refractivity contribution in [1.82, 2.24) is 34.9 Å². The van der Waals surface area contributed by atoms with Gasteiger partial charge in [0.15, 0.2) is 5.82 Å². The van der Waals surface area contributed by atoms with Crippen molar-refractivity contribution in [2.45, 2.75) is 65.4 Å². The van der Waals surface area contributed by atoms with Crippen molar-refractivity contribution in [3.8, 4) is 0 Å². The van der Waals surface area contributed by atoms with E-state index in [4.69, 9.17) is 14.7 Å². The lowest BCUT2D eigenvalue weighted by Gasteiger charge is -2.37. The summed E-state index contributed by atoms with van der Waals surface area (Å²) in [5.74, 6) is 3.91. The second kappa shape index (κ2) is 12.8. The summed E-state index contributed by atoms with van der Waals surface area (Å²) in [4.78, 5) is 44.0. The van der Waals surface area contributed by atoms with Crippen LogP contribution in [0.2, 0.25) is 0 Å². The van der Waals surface area contributed by atoms with Crippen molar-refractivity contribution in [3.05, 3.63) is 23.7 Å². The fourth-order valence-electron chi connectivity index (χ4n) is 5.96. The number of aromatic amines is 1. The maximum Gasteiger partial charge on any atom is 0.410 e. The topological polar surface area (TPSA) is 123 Å². The molecule has 2 amide bonds. The first kappa shape index (κ1) is 30.1. The summed E-state index contributed by atoms with van der Waals surface area (Å²) in [5, 5.41) is 10.6. The molecule has 3 aliphatic heterocycles. The van der Waals surface area contributed by atoms with E-state index in [0.29, 0.717) is 31.8 Å². The van der Waals surface area contributed by atoms with E-state index in [2.05, 4.69) is 32.4 Å². The molecule has 3 fully saturated rings. The molecule has 0 bridgehead atoms. The quantitative estimate of drug-likeness (QED) is 0.528. The second-order valence-electron chi connectivity index (χ2n) is 13.1. The summed E-state index contributed by atoms with van der Waals surface area (Å²) in [6.07, 6.45) is 3.75. The number of aryl methyl sites for hydroxylation is 1. The van der Waals surface area contributed by atoms with Crippen LogP contribution >= 0.6 is 0 Å². The highest BCUT2D eigenvalue weighted by molar-refractivity contribution is 5.79. The van der Waals surface area contributed by atoms with Crippen LogP contribution in [0.25, 0.3) is 0 Å². The Bertz CT molecular complexity index is 1220. The summed E-state index contributed by atoms with van der Waals surface area (Å²) in [6.45, 7) is 14.1. The van der Waals surface area contributed by atoms with E-state index in [-0.39, 0.29) is 17.9 Å². The van der Waals surface area contributed by atoms with Crippen LogP contribution in [0.3, 0.4) is 0 Å². The van der Waals surface area contributed by atoms with E-state index in [0.717, 1.165) is 87.5 Å². The summed E-state index contributed by atoms with van der Waals surface area (Å²) in [7, 11) is 2.15. The third kappa shape index (κ3) is 7.90. The number of carbonyl (C=O) groups excluding carboxylic acids is 2. The van der Waals surface area contributed by atoms with Crippen molar-refractivity contribution >= 4 is 29.5 Å². The highest BCUT2D eigenvalue weighted by atomic mass is 16.6. The predicted molar refractivity (Wildman–Crippen MR) is 162 cm³/mol. The number of hydrogen-bond donors (Lipinski definition) is 2. The average Bonchev–Trinajstić information content (AvgIpc) is 3.36. The Labute approximate surface area is 249 Å². The molecule has 230 valence electrons. The fraction of sp³-hybridized carbons (Fsp3) is 0.700. The Kier molecular flexibility index (Phi) is 9.19. The van der Waals surface area contributed by atoms with Crippen LogP contribution in [-0.2, 0) is 16.0 Å². The molecule has 42 heavy (non-hydrogen) atoms. The molecule has 3 saturated heterocycles. The van der Waals surface area contributed by atoms with Gasteiger partial charge in [-0.05, 0) is 66.3 Å². The van der Waals surface area contributed by atoms with Gasteiger partial charge in [0.1, 0.15) is 23.1 Å². The third-order valence-electron chi connectivity index (χ3n) is 8.44. The number of ether oxygens (including phenoxy) is 1. The number of likely N-dealkylation sites (tertiary alicyclic amines) is 2. The Morgan fingerprint density at radius 1 is 0.929 bits per heavy atom. The number of likely N-dealkylation sites (N-methyl/N-ethyl adjacent to an activating group) is 1. The molecule has 2 aromatic rings. The molecule has 2 N–H and O–H groups in total. The molecule has 0 radical (unpaired) electrons. The monoisotopic (exact) mass is 581 g/mol. The van der Waals surface area contributed by atoms with Crippen molar-refractivity contribution in [1.29, 1.82) is 0 Å². The lowest BCUT2D eigenvalue weighted by Crippen LogP contribution is -2.47. The van der Waals surface area contributed by atoms with Gasteiger partial charge in [-0.25, -0.2) is 14.8 Å². The fourth-order valence-corrected chi connectivity index (χ4v) is 5.96. The number of rotatable bonds is 6. The van der Waals surface area contributed by atoms with Crippen molar-refractivity contribution in [2.24, 2.45) is 11.8 Å². The lowest BCUT2D eigenvalue weighted by atomic mass is 9.90. The van der Waals surface area contributed by atoms with Gasteiger partial charge in [-0.15, -0.1) is 0 Å². The maximum absolute atomic E-state index is 13.3. The largest absolute Gasteiger partial charge is 0.444 e. The van der Waals surface area contributed by atoms with E-state index in [1.165, 1.54) is 0 Å². The van der Waals surface area contributed by atoms with Crippen LogP contribution in [0, 0.1) is 18.8 Å². The summed E-state index contributed by atoms with van der Waals surface area (Å²) >= 11 is 0. The van der Waals surface area contributed by atoms with Gasteiger partial charge in [-0.3, -0.25) is 9.89 Å². The zero-order chi connectivity index (χ0) is 29.9. The molecule has 12 nitrogen and oxygen atoms in total. The lowest BCUT2D eigenvalue weighted by molar-refractivity contribution is -0.138. The Morgan fingerprint density at radius 2 is 1.60 bits per heavy atom. The van der Waals surface area contributed by atoms with Gasteiger partial charge in [0.25, 0.3) is 0 Å². The molecule has 0 saturated carbocycles. The van der Waals surface area contributed by atoms with Crippen LogP contribution < -0.4 is 10.2 Å². The Morgan fingerprint density at radius 3 is 2.21 bits per heavy atom. The number of nitrogens with zero attached hydrogens (tertiary/aromatic N) is 7. The number of aromatic nitrogens is 4. The van der Waals surface area contributed by atoms with E-state index in [1.54, 1.807) is 4.90 Å². The first-order chi connectivity index (χ1) is 20.0. The number of nitrogens with one attached hydrogen (secondary N) is 2. The van der Waals surface area contributed by atoms with Gasteiger partial charge in [0.2, 0.25) is 5.91 Å². The molecular formula is C30H47N9O3. The third-order valence-corrected chi connectivity index (χ3v) is 8.44. The first-order valence-corrected chi connectivity index (χ1v) is 15.4. The molecule has 12 heteroatoms. The van der Waals surface area contributed by atoms with Crippen molar-refractivity contribution in [2.75, 3.05) is 69.6 Å². The molecule has 0 aliphatic carbocycles. The molecule has 0 atom stereocenters. The zero-order valence-corrected chi connectivity index (χ0v) is 25.9. The Hall–Kier alpha value is -3.41. The molecule has 0 unspecified atom stereocenters. The maximum atomic E-state index is 13.3. The molecular weight excluding hydrogens is 534 g/mol. The van der Waals surface area contributed by atoms with Gasteiger partial charge < -0.3 is 29.7 Å². The van der Waals surface area contributed by atoms with Gasteiger partial charge >= 0.3 is 6.09 Å². The average molecular weight is 582 g/mol. The number of hydrogen-bond acceptors (Lipinski definition) is 9. The molecule has 0 aromatic carbocycles. The molecule has 5 heterocycles. The van der Waals surface area contributed by atoms with E-state index < -0.39 is 5.60 Å². The minimum absolute atomic E-state index is 0.0249. The Balaban J connectivity index is 1.16. The van der Waals surface area contributed by atoms with Crippen LogP contribution in [0.5, 0.6) is 0 Å². The highest BCUT2D eigenvalue weighted by Crippen LogP contribution is 2.28. The van der Waals surface area contributed by atoms with Crippen molar-refractivity contribution in [3.63, 3.8) is 0 Å². The van der Waals surface area contributed by atoms with Gasteiger partial charge in [0.05, 0.1) is 0 Å². The standard InChI is InChI=1S/C30H47N9O3/c1-21-18-26(35-34-21)32-25-20-27(37-16-14-36(5)15-17-37)33-24(31-25)19-22-6-10-38(11-7-22)28(40)23-8-12-39(13-9-23)29(41)42-30(2,3)4/h18,20,22-23H,6-17,19H2,1-5H3,(H2,31,32,33,34,35). The summed E-state index contributed by atoms with van der Waals surface area (Å²) in [6, 6.07) is 3.99. The molecule has 2 aromatic heterocycles. The number of piperazine rings is 1. The first-order valence-electron chi connectivity index (χ1n) is 15.4. The van der Waals surface area contributed by atoms with Crippen molar-refractivity contribution < 1.29 is 14.3 Å². The number of carbonyl (C=O) groups is 2. The zero-order valence-electron chi connectivity index (χ0n) is 25.9. The van der Waals surface area contributed by atoms with Crippen LogP contribution in [-0.4, -0.2) is 112 Å². The van der Waals surface area contributed by atoms with E-state index in [9.17, 15) is 9.59 Å². The number of anilines is 3. The smallest absolute Gasteiger partial charge is 0.410 e. The number of amides is 2. The van der Waals surface area contributed by atoms with Crippen LogP contribution in [0.1, 0.15) is 58.0 Å². The summed E-state index contributed by atoms with van der Waals surface area (Å²) in [5.41, 5.74) is 0.475. The highest BCUT2D eigenvalue weighted by Gasteiger charge is 2.33. The minimum atomic E-state index is -0.512. The second-order valence-corrected chi connectivity index (χ2v) is 13.1. The number of H-pyrrole nitrogens is 1. The molecule has 5 rings (SSSR count). The van der Waals surface area contributed by atoms with Gasteiger partial charge in [-0.2, -0.15) is 5.10 Å². The molecule has 0 spiro atoms. The molecule has 3 aliphatic rings. The van der Waals surface area contributed by atoms with Gasteiger partial charge in [-0.1, -0.05) is 0 Å².